The van der Waals surface area contributed by atoms with Gasteiger partial charge in [0.2, 0.25) is 10.0 Å². The number of carboxylic acids is 1. The summed E-state index contributed by atoms with van der Waals surface area (Å²) in [4.78, 5) is 25.1. The maximum Gasteiger partial charge on any atom is 0.317 e. The molecule has 0 aromatic heterocycles. The molecule has 1 aromatic carbocycles. The van der Waals surface area contributed by atoms with E-state index in [1.165, 1.54) is 9.21 Å². The van der Waals surface area contributed by atoms with Crippen molar-refractivity contribution in [1.29, 1.82) is 0 Å². The van der Waals surface area contributed by atoms with Crippen molar-refractivity contribution >= 4 is 27.7 Å². The summed E-state index contributed by atoms with van der Waals surface area (Å²) < 4.78 is 25.5. The second-order valence-electron chi connectivity index (χ2n) is 7.11. The maximum absolute atomic E-state index is 12.3. The molecule has 2 N–H and O–H groups in total. The third-order valence-electron chi connectivity index (χ3n) is 5.02. The number of sulfonamides is 1. The molecule has 3 rings (SSSR count). The molecule has 0 saturated carbocycles. The van der Waals surface area contributed by atoms with Crippen LogP contribution in [0.15, 0.2) is 24.3 Å². The lowest BCUT2D eigenvalue weighted by molar-refractivity contribution is -0.147. The molecule has 0 bridgehead atoms. The fourth-order valence-electron chi connectivity index (χ4n) is 3.35. The first-order chi connectivity index (χ1) is 12.2. The molecule has 1 aromatic rings. The van der Waals surface area contributed by atoms with E-state index in [0.29, 0.717) is 31.6 Å². The number of benzene rings is 1. The molecule has 1 unspecified atom stereocenters. The molecule has 1 atom stereocenters. The number of urea groups is 1. The van der Waals surface area contributed by atoms with Crippen LogP contribution in [-0.2, 0) is 21.4 Å². The third-order valence-corrected chi connectivity index (χ3v) is 6.89. The molecule has 0 spiro atoms. The Kier molecular flexibility index (Phi) is 4.83. The monoisotopic (exact) mass is 381 g/mol. The van der Waals surface area contributed by atoms with Gasteiger partial charge in [0.15, 0.2) is 0 Å². The molecule has 26 heavy (non-hydrogen) atoms. The van der Waals surface area contributed by atoms with Crippen LogP contribution in [0.5, 0.6) is 0 Å². The van der Waals surface area contributed by atoms with Crippen molar-refractivity contribution in [3.63, 3.8) is 0 Å². The van der Waals surface area contributed by atoms with Gasteiger partial charge in [-0.15, -0.1) is 0 Å². The van der Waals surface area contributed by atoms with Gasteiger partial charge in [0.05, 0.1) is 16.9 Å². The smallest absolute Gasteiger partial charge is 0.317 e. The number of hydrogen-bond donors (Lipinski definition) is 2. The Morgan fingerprint density at radius 1 is 1.31 bits per heavy atom. The zero-order valence-corrected chi connectivity index (χ0v) is 15.5. The summed E-state index contributed by atoms with van der Waals surface area (Å²) in [7, 11) is -3.24. The van der Waals surface area contributed by atoms with Gasteiger partial charge >= 0.3 is 12.0 Å². The van der Waals surface area contributed by atoms with Gasteiger partial charge < -0.3 is 15.3 Å². The van der Waals surface area contributed by atoms with Crippen molar-refractivity contribution in [2.45, 2.75) is 26.3 Å². The summed E-state index contributed by atoms with van der Waals surface area (Å²) in [6.07, 6.45) is 1.04. The highest BCUT2D eigenvalue weighted by atomic mass is 32.2. The average molecular weight is 381 g/mol. The minimum atomic E-state index is -3.24. The fraction of sp³-hybridized carbons (Fsp3) is 0.529. The lowest BCUT2D eigenvalue weighted by Gasteiger charge is -2.21. The Morgan fingerprint density at radius 3 is 2.69 bits per heavy atom. The van der Waals surface area contributed by atoms with Crippen molar-refractivity contribution in [2.75, 3.05) is 29.7 Å². The van der Waals surface area contributed by atoms with Gasteiger partial charge in [-0.25, -0.2) is 13.2 Å². The van der Waals surface area contributed by atoms with E-state index in [4.69, 9.17) is 0 Å². The molecule has 142 valence electrons. The predicted octanol–water partition coefficient (Wildman–Crippen LogP) is 1.23. The van der Waals surface area contributed by atoms with Crippen LogP contribution in [0.1, 0.15) is 25.3 Å². The highest BCUT2D eigenvalue weighted by Crippen LogP contribution is 2.30. The standard InChI is InChI=1S/C17H23N3O5S/c1-17(15(21)22)6-8-19(12-17)16(23)18-11-13-4-2-5-14(10-13)20-7-3-9-26(20,24)25/h2,4-5,10H,3,6-9,11-12H2,1H3,(H,18,23)(H,21,22). The molecule has 8 nitrogen and oxygen atoms in total. The number of carbonyl (C=O) groups excluding carboxylic acids is 1. The Labute approximate surface area is 152 Å². The van der Waals surface area contributed by atoms with Gasteiger partial charge in [0.25, 0.3) is 0 Å². The van der Waals surface area contributed by atoms with Crippen LogP contribution in [0, 0.1) is 5.41 Å². The molecule has 2 aliphatic rings. The van der Waals surface area contributed by atoms with Crippen molar-refractivity contribution in [1.82, 2.24) is 10.2 Å². The van der Waals surface area contributed by atoms with Gasteiger partial charge in [-0.1, -0.05) is 12.1 Å². The number of amides is 2. The fourth-order valence-corrected chi connectivity index (χ4v) is 4.91. The Morgan fingerprint density at radius 2 is 2.08 bits per heavy atom. The Balaban J connectivity index is 1.61. The molecule has 2 amide bonds. The van der Waals surface area contributed by atoms with Crippen LogP contribution in [0.3, 0.4) is 0 Å². The quantitative estimate of drug-likeness (QED) is 0.816. The first-order valence-corrected chi connectivity index (χ1v) is 10.2. The molecule has 2 aliphatic heterocycles. The van der Waals surface area contributed by atoms with Crippen molar-refractivity contribution < 1.29 is 23.1 Å². The number of carbonyl (C=O) groups is 2. The van der Waals surface area contributed by atoms with E-state index in [9.17, 15) is 23.1 Å². The summed E-state index contributed by atoms with van der Waals surface area (Å²) in [5.41, 5.74) is 0.494. The molecule has 0 aliphatic carbocycles. The first-order valence-electron chi connectivity index (χ1n) is 8.57. The molecule has 9 heteroatoms. The summed E-state index contributed by atoms with van der Waals surface area (Å²) in [5.74, 6) is -0.738. The van der Waals surface area contributed by atoms with Gasteiger partial charge in [-0.2, -0.15) is 0 Å². The van der Waals surface area contributed by atoms with Crippen LogP contribution in [0.4, 0.5) is 10.5 Å². The molecule has 2 heterocycles. The highest BCUT2D eigenvalue weighted by molar-refractivity contribution is 7.93. The zero-order valence-electron chi connectivity index (χ0n) is 14.6. The predicted molar refractivity (Wildman–Crippen MR) is 96.4 cm³/mol. The van der Waals surface area contributed by atoms with Crippen molar-refractivity contribution in [3.8, 4) is 0 Å². The van der Waals surface area contributed by atoms with Crippen LogP contribution >= 0.6 is 0 Å². The highest BCUT2D eigenvalue weighted by Gasteiger charge is 2.42. The topological polar surface area (TPSA) is 107 Å². The molecular formula is C17H23N3O5S. The van der Waals surface area contributed by atoms with E-state index in [1.54, 1.807) is 25.1 Å². The number of carboxylic acid groups (broad SMARTS) is 1. The number of nitrogens with zero attached hydrogens (tertiary/aromatic N) is 2. The summed E-state index contributed by atoms with van der Waals surface area (Å²) in [5, 5.41) is 12.0. The van der Waals surface area contributed by atoms with Gasteiger partial charge in [0.1, 0.15) is 0 Å². The van der Waals surface area contributed by atoms with Gasteiger partial charge in [-0.3, -0.25) is 9.10 Å². The molecule has 0 radical (unpaired) electrons. The summed E-state index contributed by atoms with van der Waals surface area (Å²) >= 11 is 0. The second-order valence-corrected chi connectivity index (χ2v) is 9.12. The Hall–Kier alpha value is -2.29. The SMILES string of the molecule is CC1(C(=O)O)CCN(C(=O)NCc2cccc(N3CCCS3(=O)=O)c2)C1. The van der Waals surface area contributed by atoms with Crippen LogP contribution in [0.25, 0.3) is 0 Å². The van der Waals surface area contributed by atoms with Gasteiger partial charge in [-0.05, 0) is 37.5 Å². The van der Waals surface area contributed by atoms with Crippen LogP contribution in [-0.4, -0.2) is 55.8 Å². The first kappa shape index (κ1) is 18.5. The molecular weight excluding hydrogens is 358 g/mol. The van der Waals surface area contributed by atoms with Gasteiger partial charge in [0, 0.05) is 26.2 Å². The number of rotatable bonds is 4. The van der Waals surface area contributed by atoms with Crippen LogP contribution < -0.4 is 9.62 Å². The van der Waals surface area contributed by atoms with Crippen molar-refractivity contribution in [2.24, 2.45) is 5.41 Å². The number of likely N-dealkylation sites (tertiary alicyclic amines) is 1. The third kappa shape index (κ3) is 3.62. The van der Waals surface area contributed by atoms with E-state index >= 15 is 0 Å². The second kappa shape index (κ2) is 6.79. The zero-order chi connectivity index (χ0) is 18.9. The minimum absolute atomic E-state index is 0.158. The van der Waals surface area contributed by atoms with Crippen molar-refractivity contribution in [3.05, 3.63) is 29.8 Å². The average Bonchev–Trinajstić information content (AvgIpc) is 3.16. The lowest BCUT2D eigenvalue weighted by Crippen LogP contribution is -2.40. The number of aliphatic carboxylic acids is 1. The van der Waals surface area contributed by atoms with E-state index in [1.807, 2.05) is 6.07 Å². The van der Waals surface area contributed by atoms with E-state index in [-0.39, 0.29) is 24.9 Å². The number of hydrogen-bond acceptors (Lipinski definition) is 4. The normalized spacial score (nSPS) is 24.7. The largest absolute Gasteiger partial charge is 0.481 e. The Bertz CT molecular complexity index is 825. The van der Waals surface area contributed by atoms with E-state index < -0.39 is 21.4 Å². The number of nitrogens with one attached hydrogen (secondary N) is 1. The van der Waals surface area contributed by atoms with E-state index in [2.05, 4.69) is 5.32 Å². The number of anilines is 1. The molecule has 2 saturated heterocycles. The van der Waals surface area contributed by atoms with E-state index in [0.717, 1.165) is 5.56 Å². The maximum atomic E-state index is 12.3. The van der Waals surface area contributed by atoms with Crippen LogP contribution in [0.2, 0.25) is 0 Å². The molecule has 2 fully saturated rings. The summed E-state index contributed by atoms with van der Waals surface area (Å²) in [6.45, 7) is 2.95. The summed E-state index contributed by atoms with van der Waals surface area (Å²) in [6, 6.07) is 6.77. The lowest BCUT2D eigenvalue weighted by atomic mass is 9.90. The minimum Gasteiger partial charge on any atom is -0.481 e.